The lowest BCUT2D eigenvalue weighted by Gasteiger charge is -2.32. The smallest absolute Gasteiger partial charge is 0.234 e. The summed E-state index contributed by atoms with van der Waals surface area (Å²) in [6.45, 7) is 0.161. The van der Waals surface area contributed by atoms with Gasteiger partial charge in [0.1, 0.15) is 5.82 Å². The van der Waals surface area contributed by atoms with Gasteiger partial charge in [-0.25, -0.2) is 4.39 Å². The summed E-state index contributed by atoms with van der Waals surface area (Å²) in [5.41, 5.74) is 2.80. The molecule has 3 nitrogen and oxygen atoms in total. The minimum absolute atomic E-state index is 0.152. The zero-order valence-corrected chi connectivity index (χ0v) is 16.9. The van der Waals surface area contributed by atoms with Gasteiger partial charge in [-0.3, -0.25) is 14.5 Å². The summed E-state index contributed by atoms with van der Waals surface area (Å²) in [7, 11) is 0. The van der Waals surface area contributed by atoms with Crippen LogP contribution in [0.3, 0.4) is 0 Å². The number of imide groups is 1. The fourth-order valence-electron chi connectivity index (χ4n) is 4.92. The third-order valence-corrected chi connectivity index (χ3v) is 6.41. The minimum atomic E-state index is -0.453. The van der Waals surface area contributed by atoms with E-state index in [1.54, 1.807) is 12.1 Å². The second-order valence-corrected chi connectivity index (χ2v) is 8.20. The number of rotatable bonds is 4. The van der Waals surface area contributed by atoms with Crippen LogP contribution in [0.2, 0.25) is 0 Å². The first-order chi connectivity index (χ1) is 15.1. The number of benzene rings is 3. The van der Waals surface area contributed by atoms with Crippen LogP contribution in [-0.2, 0) is 16.1 Å². The Morgan fingerprint density at radius 1 is 0.645 bits per heavy atom. The Labute approximate surface area is 180 Å². The Morgan fingerprint density at radius 3 is 1.55 bits per heavy atom. The Balaban J connectivity index is 1.55. The molecule has 5 rings (SSSR count). The number of fused-ring (bicyclic) bond motifs is 1. The summed E-state index contributed by atoms with van der Waals surface area (Å²) in [6.07, 6.45) is 4.17. The van der Waals surface area contributed by atoms with Crippen LogP contribution in [0, 0.1) is 17.7 Å². The Hall–Kier alpha value is -3.53. The highest BCUT2D eigenvalue weighted by Crippen LogP contribution is 2.49. The van der Waals surface area contributed by atoms with Crippen molar-refractivity contribution in [2.45, 2.75) is 18.4 Å². The molecule has 0 unspecified atom stereocenters. The van der Waals surface area contributed by atoms with E-state index in [2.05, 4.69) is 12.2 Å². The topological polar surface area (TPSA) is 37.4 Å². The van der Waals surface area contributed by atoms with Crippen LogP contribution in [0.5, 0.6) is 0 Å². The number of likely N-dealkylation sites (tertiary alicyclic amines) is 1. The van der Waals surface area contributed by atoms with E-state index in [0.29, 0.717) is 0 Å². The molecule has 3 aromatic rings. The van der Waals surface area contributed by atoms with E-state index in [0.717, 1.165) is 16.7 Å². The van der Waals surface area contributed by atoms with Gasteiger partial charge in [0, 0.05) is 11.8 Å². The molecule has 0 saturated carbocycles. The predicted molar refractivity (Wildman–Crippen MR) is 116 cm³/mol. The van der Waals surface area contributed by atoms with Crippen molar-refractivity contribution in [3.8, 4) is 0 Å². The van der Waals surface area contributed by atoms with E-state index in [1.165, 1.54) is 17.0 Å². The van der Waals surface area contributed by atoms with Gasteiger partial charge in [0.25, 0.3) is 0 Å². The first-order valence-corrected chi connectivity index (χ1v) is 10.5. The maximum Gasteiger partial charge on any atom is 0.234 e. The number of carbonyl (C=O) groups is 2. The number of halogens is 1. The number of hydrogen-bond donors (Lipinski definition) is 0. The highest BCUT2D eigenvalue weighted by Gasteiger charge is 2.54. The first kappa shape index (κ1) is 19.4. The Morgan fingerprint density at radius 2 is 1.10 bits per heavy atom. The van der Waals surface area contributed by atoms with Crippen LogP contribution in [-0.4, -0.2) is 16.7 Å². The van der Waals surface area contributed by atoms with Gasteiger partial charge < -0.3 is 0 Å². The molecule has 1 heterocycles. The van der Waals surface area contributed by atoms with Gasteiger partial charge in [-0.15, -0.1) is 0 Å². The molecule has 1 aliphatic heterocycles. The highest BCUT2D eigenvalue weighted by molar-refractivity contribution is 6.06. The molecule has 0 bridgehead atoms. The summed E-state index contributed by atoms with van der Waals surface area (Å²) in [6, 6.07) is 25.7. The number of hydrogen-bond acceptors (Lipinski definition) is 2. The van der Waals surface area contributed by atoms with E-state index in [1.807, 2.05) is 60.7 Å². The van der Waals surface area contributed by atoms with E-state index in [9.17, 15) is 14.0 Å². The maximum absolute atomic E-state index is 13.6. The van der Waals surface area contributed by atoms with Crippen LogP contribution in [0.15, 0.2) is 97.1 Å². The molecule has 2 amide bonds. The molecule has 4 atom stereocenters. The SMILES string of the molecule is O=C1[C@@H]2[C@H](C(=O)N1Cc1ccc(F)cc1)[C@@H](c1ccccc1)C=C[C@@H]2c1ccccc1. The largest absolute Gasteiger partial charge is 0.278 e. The summed E-state index contributed by atoms with van der Waals surface area (Å²) in [5, 5.41) is 0. The molecule has 1 saturated heterocycles. The highest BCUT2D eigenvalue weighted by atomic mass is 19.1. The maximum atomic E-state index is 13.6. The molecular formula is C27H22FNO2. The number of amides is 2. The van der Waals surface area contributed by atoms with Crippen LogP contribution < -0.4 is 0 Å². The molecule has 4 heteroatoms. The second kappa shape index (κ2) is 7.95. The van der Waals surface area contributed by atoms with Crippen LogP contribution in [0.1, 0.15) is 28.5 Å². The number of allylic oxidation sites excluding steroid dienone is 2. The fraction of sp³-hybridized carbons (Fsp3) is 0.185. The standard InChI is InChI=1S/C27H22FNO2/c28-21-13-11-18(12-14-21)17-29-26(30)24-22(19-7-3-1-4-8-19)15-16-23(25(24)27(29)31)20-9-5-2-6-10-20/h1-16,22-25H,17H2/t22-,23-,24-,25+/m1/s1. The fourth-order valence-corrected chi connectivity index (χ4v) is 4.92. The molecule has 0 radical (unpaired) electrons. The van der Waals surface area contributed by atoms with Crippen LogP contribution >= 0.6 is 0 Å². The van der Waals surface area contributed by atoms with Crippen molar-refractivity contribution in [1.29, 1.82) is 0 Å². The van der Waals surface area contributed by atoms with E-state index < -0.39 is 11.8 Å². The van der Waals surface area contributed by atoms with Gasteiger partial charge in [-0.2, -0.15) is 0 Å². The predicted octanol–water partition coefficient (Wildman–Crippen LogP) is 5.06. The molecular weight excluding hydrogens is 389 g/mol. The van der Waals surface area contributed by atoms with Crippen molar-refractivity contribution in [3.63, 3.8) is 0 Å². The zero-order valence-electron chi connectivity index (χ0n) is 16.9. The van der Waals surface area contributed by atoms with Crippen molar-refractivity contribution in [1.82, 2.24) is 4.90 Å². The average Bonchev–Trinajstić information content (AvgIpc) is 3.06. The van der Waals surface area contributed by atoms with Crippen molar-refractivity contribution in [3.05, 3.63) is 120 Å². The van der Waals surface area contributed by atoms with E-state index in [-0.39, 0.29) is 36.0 Å². The minimum Gasteiger partial charge on any atom is -0.278 e. The number of nitrogens with zero attached hydrogens (tertiary/aromatic N) is 1. The van der Waals surface area contributed by atoms with Gasteiger partial charge in [0.2, 0.25) is 11.8 Å². The van der Waals surface area contributed by atoms with E-state index in [4.69, 9.17) is 0 Å². The van der Waals surface area contributed by atoms with Crippen LogP contribution in [0.25, 0.3) is 0 Å². The molecule has 1 aliphatic carbocycles. The van der Waals surface area contributed by atoms with E-state index >= 15 is 0 Å². The van der Waals surface area contributed by atoms with Gasteiger partial charge in [-0.05, 0) is 28.8 Å². The summed E-state index contributed by atoms with van der Waals surface area (Å²) < 4.78 is 13.3. The molecule has 0 spiro atoms. The summed E-state index contributed by atoms with van der Waals surface area (Å²) in [4.78, 5) is 28.5. The van der Waals surface area contributed by atoms with Crippen molar-refractivity contribution >= 4 is 11.8 Å². The van der Waals surface area contributed by atoms with Crippen molar-refractivity contribution in [2.75, 3.05) is 0 Å². The average molecular weight is 411 g/mol. The molecule has 0 aromatic heterocycles. The summed E-state index contributed by atoms with van der Waals surface area (Å²) >= 11 is 0. The number of carbonyl (C=O) groups excluding carboxylic acids is 2. The quantitative estimate of drug-likeness (QED) is 0.444. The van der Waals surface area contributed by atoms with Gasteiger partial charge in [-0.1, -0.05) is 84.9 Å². The lowest BCUT2D eigenvalue weighted by Crippen LogP contribution is -2.31. The second-order valence-electron chi connectivity index (χ2n) is 8.20. The zero-order chi connectivity index (χ0) is 21.4. The van der Waals surface area contributed by atoms with Crippen LogP contribution in [0.4, 0.5) is 4.39 Å². The molecule has 154 valence electrons. The first-order valence-electron chi connectivity index (χ1n) is 10.5. The molecule has 3 aromatic carbocycles. The third kappa shape index (κ3) is 3.48. The lowest BCUT2D eigenvalue weighted by atomic mass is 9.68. The molecule has 0 N–H and O–H groups in total. The Bertz CT molecular complexity index is 1060. The molecule has 2 aliphatic rings. The van der Waals surface area contributed by atoms with Crippen molar-refractivity contribution in [2.24, 2.45) is 11.8 Å². The normalized spacial score (nSPS) is 25.0. The summed E-state index contributed by atoms with van der Waals surface area (Å²) in [5.74, 6) is -1.86. The van der Waals surface area contributed by atoms with Gasteiger partial charge in [0.05, 0.1) is 18.4 Å². The monoisotopic (exact) mass is 411 g/mol. The molecule has 31 heavy (non-hydrogen) atoms. The third-order valence-electron chi connectivity index (χ3n) is 6.41. The lowest BCUT2D eigenvalue weighted by molar-refractivity contribution is -0.140. The van der Waals surface area contributed by atoms with Gasteiger partial charge in [0.15, 0.2) is 0 Å². The molecule has 1 fully saturated rings. The Kier molecular flexibility index (Phi) is 4.99. The van der Waals surface area contributed by atoms with Gasteiger partial charge >= 0.3 is 0 Å². The van der Waals surface area contributed by atoms with Crippen molar-refractivity contribution < 1.29 is 14.0 Å².